The minimum Gasteiger partial charge on any atom is -0.488 e. The first-order chi connectivity index (χ1) is 17.5. The Kier molecular flexibility index (Phi) is 8.46. The van der Waals surface area contributed by atoms with Gasteiger partial charge in [0.25, 0.3) is 5.91 Å². The number of likely N-dealkylation sites (N-methyl/N-ethyl adjacent to an activating group) is 1. The maximum Gasteiger partial charge on any atom is 0.338 e. The highest BCUT2D eigenvalue weighted by Crippen LogP contribution is 2.35. The summed E-state index contributed by atoms with van der Waals surface area (Å²) in [7, 11) is 0. The Bertz CT molecular complexity index is 1340. The van der Waals surface area contributed by atoms with E-state index < -0.39 is 5.97 Å². The molecule has 0 bridgehead atoms. The highest BCUT2D eigenvalue weighted by molar-refractivity contribution is 8.18. The summed E-state index contributed by atoms with van der Waals surface area (Å²) in [6.07, 6.45) is 1.81. The topological polar surface area (TPSA) is 68.2 Å². The molecule has 0 radical (unpaired) electrons. The maximum absolute atomic E-state index is 13.2. The van der Waals surface area contributed by atoms with Gasteiger partial charge in [-0.2, -0.15) is 0 Å². The van der Waals surface area contributed by atoms with Crippen molar-refractivity contribution in [2.75, 3.05) is 13.2 Å². The van der Waals surface area contributed by atoms with Gasteiger partial charge in [-0.15, -0.1) is 0 Å². The molecule has 1 amide bonds. The van der Waals surface area contributed by atoms with Gasteiger partial charge in [-0.1, -0.05) is 54.1 Å². The predicted molar refractivity (Wildman–Crippen MR) is 145 cm³/mol. The molecule has 3 aromatic rings. The summed E-state index contributed by atoms with van der Waals surface area (Å²) in [5.41, 5.74) is 2.64. The van der Waals surface area contributed by atoms with Gasteiger partial charge in [0, 0.05) is 22.7 Å². The molecular weight excluding hydrogens is 496 g/mol. The molecule has 0 atom stereocenters. The molecule has 6 nitrogen and oxygen atoms in total. The van der Waals surface area contributed by atoms with Crippen LogP contribution in [-0.2, 0) is 16.1 Å². The quantitative estimate of drug-likeness (QED) is 0.243. The Morgan fingerprint density at radius 2 is 1.83 bits per heavy atom. The van der Waals surface area contributed by atoms with Gasteiger partial charge < -0.3 is 9.47 Å². The van der Waals surface area contributed by atoms with E-state index in [-0.39, 0.29) is 5.91 Å². The van der Waals surface area contributed by atoms with Crippen LogP contribution in [0.1, 0.15) is 35.3 Å². The van der Waals surface area contributed by atoms with Gasteiger partial charge in [0.05, 0.1) is 22.8 Å². The van der Waals surface area contributed by atoms with Crippen molar-refractivity contribution in [2.45, 2.75) is 20.5 Å². The first-order valence-corrected chi connectivity index (χ1v) is 12.7. The molecular formula is C28H25ClN2O4S. The lowest BCUT2D eigenvalue weighted by molar-refractivity contribution is -0.122. The minimum absolute atomic E-state index is 0.135. The van der Waals surface area contributed by atoms with E-state index in [1.54, 1.807) is 36.1 Å². The molecule has 1 saturated heterocycles. The maximum atomic E-state index is 13.2. The number of amidine groups is 1. The van der Waals surface area contributed by atoms with Gasteiger partial charge in [0.1, 0.15) is 12.4 Å². The zero-order chi connectivity index (χ0) is 25.5. The van der Waals surface area contributed by atoms with Crippen LogP contribution in [0.2, 0.25) is 5.02 Å². The Balaban J connectivity index is 1.58. The number of esters is 1. The number of benzene rings is 3. The van der Waals surface area contributed by atoms with Gasteiger partial charge in [0.2, 0.25) is 0 Å². The molecule has 0 aromatic heterocycles. The van der Waals surface area contributed by atoms with Crippen LogP contribution in [0.25, 0.3) is 6.08 Å². The lowest BCUT2D eigenvalue weighted by Gasteiger charge is -2.12. The molecule has 1 aliphatic heterocycles. The second-order valence-electron chi connectivity index (χ2n) is 7.74. The van der Waals surface area contributed by atoms with Crippen molar-refractivity contribution in [3.05, 3.63) is 99.4 Å². The summed E-state index contributed by atoms with van der Waals surface area (Å²) in [5, 5.41) is 1.19. The molecule has 4 rings (SSSR count). The van der Waals surface area contributed by atoms with Crippen molar-refractivity contribution >= 4 is 52.2 Å². The Morgan fingerprint density at radius 1 is 1.06 bits per heavy atom. The molecule has 3 aromatic carbocycles. The first-order valence-electron chi connectivity index (χ1n) is 11.5. The van der Waals surface area contributed by atoms with Gasteiger partial charge in [-0.25, -0.2) is 9.79 Å². The zero-order valence-electron chi connectivity index (χ0n) is 19.9. The summed E-state index contributed by atoms with van der Waals surface area (Å²) in [6.45, 7) is 4.72. The summed E-state index contributed by atoms with van der Waals surface area (Å²) in [4.78, 5) is 32.0. The number of para-hydroxylation sites is 1. The van der Waals surface area contributed by atoms with E-state index in [0.717, 1.165) is 11.1 Å². The van der Waals surface area contributed by atoms with Crippen LogP contribution in [0.4, 0.5) is 5.69 Å². The van der Waals surface area contributed by atoms with Crippen LogP contribution in [0, 0.1) is 0 Å². The van der Waals surface area contributed by atoms with Crippen molar-refractivity contribution in [3.8, 4) is 5.75 Å². The third-order valence-electron chi connectivity index (χ3n) is 5.33. The monoisotopic (exact) mass is 520 g/mol. The summed E-state index contributed by atoms with van der Waals surface area (Å²) < 4.78 is 11.1. The van der Waals surface area contributed by atoms with E-state index in [4.69, 9.17) is 21.1 Å². The standard InChI is InChI=1S/C28H25ClN2O4S/c1-3-31-26(32)25(36-28(31)30-22-13-9-12-20(16-22)27(33)34-4-2)17-19-10-6-8-15-24(19)35-18-21-11-5-7-14-23(21)29/h5-17H,3-4,18H2,1-2H3. The van der Waals surface area contributed by atoms with Crippen LogP contribution in [-0.4, -0.2) is 35.1 Å². The Morgan fingerprint density at radius 3 is 2.61 bits per heavy atom. The summed E-state index contributed by atoms with van der Waals surface area (Å²) in [5.74, 6) is 0.105. The van der Waals surface area contributed by atoms with Crippen LogP contribution in [0.15, 0.2) is 82.7 Å². The molecule has 0 N–H and O–H groups in total. The third kappa shape index (κ3) is 5.98. The highest BCUT2D eigenvalue weighted by Gasteiger charge is 2.32. The number of ether oxygens (including phenoxy) is 2. The van der Waals surface area contributed by atoms with Crippen molar-refractivity contribution in [1.29, 1.82) is 0 Å². The van der Waals surface area contributed by atoms with E-state index in [0.29, 0.717) is 51.9 Å². The van der Waals surface area contributed by atoms with E-state index in [9.17, 15) is 9.59 Å². The Labute approximate surface area is 219 Å². The zero-order valence-corrected chi connectivity index (χ0v) is 21.5. The normalized spacial score (nSPS) is 15.5. The van der Waals surface area contributed by atoms with Gasteiger partial charge >= 0.3 is 5.97 Å². The predicted octanol–water partition coefficient (Wildman–Crippen LogP) is 6.72. The molecule has 0 aliphatic carbocycles. The van der Waals surface area contributed by atoms with E-state index in [2.05, 4.69) is 4.99 Å². The molecule has 36 heavy (non-hydrogen) atoms. The fourth-order valence-corrected chi connectivity index (χ4v) is 4.78. The fourth-order valence-electron chi connectivity index (χ4n) is 3.54. The van der Waals surface area contributed by atoms with Crippen LogP contribution in [0.3, 0.4) is 0 Å². The number of nitrogens with zero attached hydrogens (tertiary/aromatic N) is 2. The molecule has 1 aliphatic rings. The van der Waals surface area contributed by atoms with Crippen LogP contribution < -0.4 is 4.74 Å². The van der Waals surface area contributed by atoms with Crippen molar-refractivity contribution in [2.24, 2.45) is 4.99 Å². The smallest absolute Gasteiger partial charge is 0.338 e. The van der Waals surface area contributed by atoms with Gasteiger partial charge in [-0.3, -0.25) is 9.69 Å². The van der Waals surface area contributed by atoms with E-state index >= 15 is 0 Å². The van der Waals surface area contributed by atoms with E-state index in [1.165, 1.54) is 11.8 Å². The summed E-state index contributed by atoms with van der Waals surface area (Å²) in [6, 6.07) is 21.9. The number of rotatable bonds is 8. The largest absolute Gasteiger partial charge is 0.488 e. The third-order valence-corrected chi connectivity index (χ3v) is 6.71. The molecule has 8 heteroatoms. The highest BCUT2D eigenvalue weighted by atomic mass is 35.5. The number of hydrogen-bond acceptors (Lipinski definition) is 6. The molecule has 0 saturated carbocycles. The number of carbonyl (C=O) groups excluding carboxylic acids is 2. The molecule has 0 unspecified atom stereocenters. The van der Waals surface area contributed by atoms with Crippen molar-refractivity contribution in [1.82, 2.24) is 4.90 Å². The lowest BCUT2D eigenvalue weighted by Crippen LogP contribution is -2.28. The minimum atomic E-state index is -0.406. The lowest BCUT2D eigenvalue weighted by atomic mass is 10.1. The Hall–Kier alpha value is -3.55. The van der Waals surface area contributed by atoms with Crippen LogP contribution in [0.5, 0.6) is 5.75 Å². The first kappa shape index (κ1) is 25.5. The number of halogens is 1. The number of hydrogen-bond donors (Lipinski definition) is 0. The fraction of sp³-hybridized carbons (Fsp3) is 0.179. The molecule has 184 valence electrons. The SMILES string of the molecule is CCOC(=O)c1cccc(N=C2SC(=Cc3ccccc3OCc3ccccc3Cl)C(=O)N2CC)c1. The second kappa shape index (κ2) is 11.9. The average molecular weight is 521 g/mol. The second-order valence-corrected chi connectivity index (χ2v) is 9.16. The van der Waals surface area contributed by atoms with Crippen molar-refractivity contribution in [3.63, 3.8) is 0 Å². The number of thioether (sulfide) groups is 1. The number of amides is 1. The summed E-state index contributed by atoms with van der Waals surface area (Å²) >= 11 is 7.55. The van der Waals surface area contributed by atoms with Gasteiger partial charge in [-0.05, 0) is 62.0 Å². The number of carbonyl (C=O) groups is 2. The van der Waals surface area contributed by atoms with Crippen LogP contribution >= 0.6 is 23.4 Å². The number of aliphatic imine (C=N–C) groups is 1. The molecule has 1 fully saturated rings. The molecule has 0 spiro atoms. The van der Waals surface area contributed by atoms with E-state index in [1.807, 2.05) is 61.5 Å². The van der Waals surface area contributed by atoms with Crippen molar-refractivity contribution < 1.29 is 19.1 Å². The average Bonchev–Trinajstić information content (AvgIpc) is 3.18. The van der Waals surface area contributed by atoms with Gasteiger partial charge in [0.15, 0.2) is 5.17 Å². The molecule has 1 heterocycles.